The van der Waals surface area contributed by atoms with E-state index in [-0.39, 0.29) is 11.8 Å². The van der Waals surface area contributed by atoms with Crippen molar-refractivity contribution >= 4 is 33.4 Å². The first-order valence-corrected chi connectivity index (χ1v) is 10.3. The van der Waals surface area contributed by atoms with Crippen LogP contribution < -0.4 is 22.1 Å². The molecule has 0 saturated carbocycles. The number of carbonyl (C=O) groups excluding carboxylic acids is 2. The fourth-order valence-corrected chi connectivity index (χ4v) is 3.68. The zero-order chi connectivity index (χ0) is 16.8. The second-order valence-corrected chi connectivity index (χ2v) is 7.62. The van der Waals surface area contributed by atoms with Gasteiger partial charge in [0.1, 0.15) is 0 Å². The van der Waals surface area contributed by atoms with Gasteiger partial charge in [0.05, 0.1) is 12.1 Å². The maximum Gasteiger partial charge on any atom is 0.237 e. The third-order valence-electron chi connectivity index (χ3n) is 2.91. The predicted molar refractivity (Wildman–Crippen MR) is 96.7 cm³/mol. The lowest BCUT2D eigenvalue weighted by Gasteiger charge is -2.13. The molecule has 8 heteroatoms. The molecule has 6 nitrogen and oxygen atoms in total. The van der Waals surface area contributed by atoms with Crippen molar-refractivity contribution in [1.29, 1.82) is 0 Å². The van der Waals surface area contributed by atoms with Gasteiger partial charge >= 0.3 is 0 Å². The van der Waals surface area contributed by atoms with Crippen LogP contribution in [0.4, 0.5) is 0 Å². The van der Waals surface area contributed by atoms with Gasteiger partial charge in [-0.25, -0.2) is 0 Å². The summed E-state index contributed by atoms with van der Waals surface area (Å²) in [5.41, 5.74) is 11.6. The van der Waals surface area contributed by atoms with Crippen molar-refractivity contribution in [1.82, 2.24) is 10.6 Å². The Hall–Kier alpha value is -0.440. The smallest absolute Gasteiger partial charge is 0.237 e. The molecule has 0 saturated heterocycles. The SMILES string of the molecule is CCCCNC(=O)[C@@H](N)CSSC[C@H](N)C(=O)NCCCC. The molecular weight excluding hydrogens is 320 g/mol. The van der Waals surface area contributed by atoms with Crippen LogP contribution in [0.2, 0.25) is 0 Å². The van der Waals surface area contributed by atoms with E-state index in [9.17, 15) is 9.59 Å². The Morgan fingerprint density at radius 3 is 1.55 bits per heavy atom. The first-order chi connectivity index (χ1) is 10.5. The van der Waals surface area contributed by atoms with Crippen LogP contribution in [0.5, 0.6) is 0 Å². The number of nitrogens with two attached hydrogens (primary N) is 2. The number of hydrogen-bond acceptors (Lipinski definition) is 6. The fraction of sp³-hybridized carbons (Fsp3) is 0.857. The Kier molecular flexibility index (Phi) is 13.9. The standard InChI is InChI=1S/C14H30N4O2S2/c1-3-5-7-17-13(19)11(15)9-21-22-10-12(16)14(20)18-8-6-4-2/h11-12H,3-10,15-16H2,1-2H3,(H,17,19)(H,18,20)/t11-,12-/m0/s1. The minimum atomic E-state index is -0.524. The zero-order valence-electron chi connectivity index (χ0n) is 13.6. The average Bonchev–Trinajstić information content (AvgIpc) is 2.51. The molecule has 0 bridgehead atoms. The molecule has 0 radical (unpaired) electrons. The molecule has 2 atom stereocenters. The van der Waals surface area contributed by atoms with Gasteiger partial charge in [0.25, 0.3) is 0 Å². The number of rotatable bonds is 13. The van der Waals surface area contributed by atoms with Gasteiger partial charge in [-0.05, 0) is 12.8 Å². The monoisotopic (exact) mass is 350 g/mol. The lowest BCUT2D eigenvalue weighted by molar-refractivity contribution is -0.122. The summed E-state index contributed by atoms with van der Waals surface area (Å²) in [4.78, 5) is 23.3. The summed E-state index contributed by atoms with van der Waals surface area (Å²) in [6, 6.07) is -1.05. The van der Waals surface area contributed by atoms with Crippen LogP contribution in [0.25, 0.3) is 0 Å². The molecule has 2 amide bonds. The minimum Gasteiger partial charge on any atom is -0.355 e. The first-order valence-electron chi connectivity index (χ1n) is 7.83. The van der Waals surface area contributed by atoms with Gasteiger partial charge in [-0.15, -0.1) is 0 Å². The van der Waals surface area contributed by atoms with E-state index < -0.39 is 12.1 Å². The number of hydrogen-bond donors (Lipinski definition) is 4. The molecule has 130 valence electrons. The van der Waals surface area contributed by atoms with E-state index in [0.717, 1.165) is 25.7 Å². The summed E-state index contributed by atoms with van der Waals surface area (Å²) in [5.74, 6) is 0.769. The molecule has 0 spiro atoms. The van der Waals surface area contributed by atoms with Crippen LogP contribution in [0, 0.1) is 0 Å². The molecule has 22 heavy (non-hydrogen) atoms. The van der Waals surface area contributed by atoms with Gasteiger partial charge in [-0.3, -0.25) is 9.59 Å². The summed E-state index contributed by atoms with van der Waals surface area (Å²) in [6.07, 6.45) is 4.00. The molecule has 6 N–H and O–H groups in total. The molecular formula is C14H30N4O2S2. The molecule has 0 aliphatic heterocycles. The van der Waals surface area contributed by atoms with Gasteiger partial charge in [0, 0.05) is 24.6 Å². The Balaban J connectivity index is 3.69. The van der Waals surface area contributed by atoms with E-state index in [1.807, 2.05) is 0 Å². The van der Waals surface area contributed by atoms with Gasteiger partial charge in [-0.2, -0.15) is 0 Å². The molecule has 0 aliphatic carbocycles. The van der Waals surface area contributed by atoms with E-state index in [0.29, 0.717) is 24.6 Å². The van der Waals surface area contributed by atoms with Crippen LogP contribution in [-0.4, -0.2) is 48.5 Å². The van der Waals surface area contributed by atoms with Gasteiger partial charge in [-0.1, -0.05) is 48.3 Å². The third-order valence-corrected chi connectivity index (χ3v) is 5.38. The molecule has 0 aromatic carbocycles. The van der Waals surface area contributed by atoms with E-state index in [4.69, 9.17) is 11.5 Å². The molecule has 0 aromatic heterocycles. The highest BCUT2D eigenvalue weighted by molar-refractivity contribution is 8.76. The van der Waals surface area contributed by atoms with Crippen molar-refractivity contribution in [3.8, 4) is 0 Å². The summed E-state index contributed by atoms with van der Waals surface area (Å²) < 4.78 is 0. The van der Waals surface area contributed by atoms with E-state index >= 15 is 0 Å². The maximum atomic E-state index is 11.7. The summed E-state index contributed by atoms with van der Waals surface area (Å²) >= 11 is 0. The zero-order valence-corrected chi connectivity index (χ0v) is 15.2. The van der Waals surface area contributed by atoms with Crippen molar-refractivity contribution in [3.05, 3.63) is 0 Å². The predicted octanol–water partition coefficient (Wildman–Crippen LogP) is 0.855. The molecule has 0 aliphatic rings. The Labute approximate surface area is 141 Å². The highest BCUT2D eigenvalue weighted by Gasteiger charge is 2.15. The second kappa shape index (κ2) is 14.2. The van der Waals surface area contributed by atoms with Crippen molar-refractivity contribution in [2.24, 2.45) is 11.5 Å². The molecule has 0 fully saturated rings. The van der Waals surface area contributed by atoms with Gasteiger partial charge in [0.15, 0.2) is 0 Å². The van der Waals surface area contributed by atoms with Crippen LogP contribution in [0.1, 0.15) is 39.5 Å². The van der Waals surface area contributed by atoms with Crippen molar-refractivity contribution in [2.75, 3.05) is 24.6 Å². The van der Waals surface area contributed by atoms with Crippen molar-refractivity contribution in [3.63, 3.8) is 0 Å². The second-order valence-electron chi connectivity index (χ2n) is 5.07. The molecule has 0 rings (SSSR count). The molecule has 0 heterocycles. The van der Waals surface area contributed by atoms with E-state index in [1.165, 1.54) is 21.6 Å². The lowest BCUT2D eigenvalue weighted by Crippen LogP contribution is -2.43. The van der Waals surface area contributed by atoms with Crippen LogP contribution in [0.3, 0.4) is 0 Å². The maximum absolute atomic E-state index is 11.7. The lowest BCUT2D eigenvalue weighted by atomic mass is 10.3. The Morgan fingerprint density at radius 2 is 1.23 bits per heavy atom. The first kappa shape index (κ1) is 21.6. The van der Waals surface area contributed by atoms with E-state index in [1.54, 1.807) is 0 Å². The van der Waals surface area contributed by atoms with Crippen molar-refractivity contribution in [2.45, 2.75) is 51.6 Å². The third kappa shape index (κ3) is 11.2. The van der Waals surface area contributed by atoms with Gasteiger partial charge < -0.3 is 22.1 Å². The number of amides is 2. The average molecular weight is 351 g/mol. The number of nitrogens with one attached hydrogen (secondary N) is 2. The van der Waals surface area contributed by atoms with Crippen LogP contribution >= 0.6 is 21.6 Å². The topological polar surface area (TPSA) is 110 Å². The largest absolute Gasteiger partial charge is 0.355 e. The van der Waals surface area contributed by atoms with Gasteiger partial charge in [0.2, 0.25) is 11.8 Å². The molecule has 0 aromatic rings. The molecule has 0 unspecified atom stereocenters. The van der Waals surface area contributed by atoms with Crippen LogP contribution in [-0.2, 0) is 9.59 Å². The highest BCUT2D eigenvalue weighted by Crippen LogP contribution is 2.22. The highest BCUT2D eigenvalue weighted by atomic mass is 33.1. The Bertz CT molecular complexity index is 289. The summed E-state index contributed by atoms with van der Waals surface area (Å²) in [7, 11) is 2.95. The fourth-order valence-electron chi connectivity index (χ4n) is 1.43. The normalized spacial score (nSPS) is 13.5. The number of unbranched alkanes of at least 4 members (excludes halogenated alkanes) is 2. The summed E-state index contributed by atoms with van der Waals surface area (Å²) in [5, 5.41) is 5.61. The number of carbonyl (C=O) groups is 2. The van der Waals surface area contributed by atoms with Crippen LogP contribution in [0.15, 0.2) is 0 Å². The Morgan fingerprint density at radius 1 is 0.864 bits per heavy atom. The van der Waals surface area contributed by atoms with E-state index in [2.05, 4.69) is 24.5 Å². The quantitative estimate of drug-likeness (QED) is 0.290. The van der Waals surface area contributed by atoms with Crippen molar-refractivity contribution < 1.29 is 9.59 Å². The minimum absolute atomic E-state index is 0.122. The summed E-state index contributed by atoms with van der Waals surface area (Å²) in [6.45, 7) is 5.48.